The smallest absolute Gasteiger partial charge is 0.411 e. The van der Waals surface area contributed by atoms with E-state index in [1.165, 1.54) is 7.11 Å². The van der Waals surface area contributed by atoms with Crippen LogP contribution < -0.4 is 10.1 Å². The average molecular weight is 486 g/mol. The molecule has 0 radical (unpaired) electrons. The van der Waals surface area contributed by atoms with Crippen LogP contribution in [0.15, 0.2) is 24.3 Å². The molecule has 2 heterocycles. The Morgan fingerprint density at radius 2 is 1.76 bits per heavy atom. The highest BCUT2D eigenvalue weighted by molar-refractivity contribution is 6.09. The Bertz CT molecular complexity index is 888. The van der Waals surface area contributed by atoms with Gasteiger partial charge < -0.3 is 19.7 Å². The van der Waals surface area contributed by atoms with Crippen LogP contribution in [0.5, 0.6) is 5.75 Å². The summed E-state index contributed by atoms with van der Waals surface area (Å²) in [5.41, 5.74) is -0.703. The zero-order valence-corrected chi connectivity index (χ0v) is 19.2. The molecule has 0 bridgehead atoms. The summed E-state index contributed by atoms with van der Waals surface area (Å²) in [7, 11) is 1.53. The van der Waals surface area contributed by atoms with Gasteiger partial charge in [0.15, 0.2) is 0 Å². The number of benzene rings is 1. The minimum atomic E-state index is -4.33. The first kappa shape index (κ1) is 25.8. The molecule has 1 unspecified atom stereocenters. The van der Waals surface area contributed by atoms with Crippen molar-refractivity contribution in [3.63, 3.8) is 0 Å². The van der Waals surface area contributed by atoms with Gasteiger partial charge in [0.2, 0.25) is 5.91 Å². The monoisotopic (exact) mass is 486 g/mol. The number of urea groups is 1. The molecule has 2 saturated heterocycles. The van der Waals surface area contributed by atoms with Crippen molar-refractivity contribution in [2.24, 2.45) is 0 Å². The number of methoxy groups -OCH3 is 1. The number of carbonyl (C=O) groups excluding carboxylic acids is 3. The number of piperazine rings is 1. The molecule has 4 amide bonds. The maximum Gasteiger partial charge on any atom is 0.411 e. The fraction of sp³-hybridized carbons (Fsp3) is 0.591. The summed E-state index contributed by atoms with van der Waals surface area (Å²) in [6.45, 7) is 2.46. The molecule has 0 spiro atoms. The molecular weight excluding hydrogens is 457 g/mol. The van der Waals surface area contributed by atoms with Gasteiger partial charge in [0, 0.05) is 39.3 Å². The topological polar surface area (TPSA) is 91.4 Å². The number of nitrogens with zero attached hydrogens (tertiary/aromatic N) is 3. The minimum Gasteiger partial charge on any atom is -0.497 e. The number of ether oxygens (including phenoxy) is 2. The lowest BCUT2D eigenvalue weighted by Gasteiger charge is -2.35. The predicted octanol–water partition coefficient (Wildman–Crippen LogP) is 1.58. The second kappa shape index (κ2) is 10.6. The lowest BCUT2D eigenvalue weighted by molar-refractivity contribution is -0.174. The third-order valence-corrected chi connectivity index (χ3v) is 5.99. The van der Waals surface area contributed by atoms with Crippen LogP contribution in [-0.4, -0.2) is 98.3 Å². The molecule has 2 aliphatic rings. The summed E-state index contributed by atoms with van der Waals surface area (Å²) < 4.78 is 46.0. The molecule has 34 heavy (non-hydrogen) atoms. The summed E-state index contributed by atoms with van der Waals surface area (Å²) in [6.07, 6.45) is -3.87. The van der Waals surface area contributed by atoms with E-state index in [0.29, 0.717) is 50.5 Å². The van der Waals surface area contributed by atoms with Crippen LogP contribution in [0.1, 0.15) is 18.9 Å². The lowest BCUT2D eigenvalue weighted by Crippen LogP contribution is -2.52. The van der Waals surface area contributed by atoms with E-state index >= 15 is 0 Å². The number of halogens is 3. The van der Waals surface area contributed by atoms with Gasteiger partial charge in [0.1, 0.15) is 24.4 Å². The average Bonchev–Trinajstić information content (AvgIpc) is 3.02. The quantitative estimate of drug-likeness (QED) is 0.421. The molecule has 1 aromatic rings. The predicted molar refractivity (Wildman–Crippen MR) is 115 cm³/mol. The molecule has 3 rings (SSSR count). The Morgan fingerprint density at radius 3 is 2.35 bits per heavy atom. The van der Waals surface area contributed by atoms with E-state index in [4.69, 9.17) is 4.74 Å². The normalized spacial score (nSPS) is 21.7. The fourth-order valence-electron chi connectivity index (χ4n) is 3.99. The Hall–Kier alpha value is -2.86. The van der Waals surface area contributed by atoms with Gasteiger partial charge in [-0.15, -0.1) is 0 Å². The molecule has 9 nitrogen and oxygen atoms in total. The second-order valence-electron chi connectivity index (χ2n) is 8.42. The highest BCUT2D eigenvalue weighted by Crippen LogP contribution is 2.30. The summed E-state index contributed by atoms with van der Waals surface area (Å²) in [5.74, 6) is -0.228. The van der Waals surface area contributed by atoms with Crippen molar-refractivity contribution in [1.82, 2.24) is 20.0 Å². The molecule has 0 aromatic heterocycles. The fourth-order valence-corrected chi connectivity index (χ4v) is 3.99. The summed E-state index contributed by atoms with van der Waals surface area (Å²) in [4.78, 5) is 42.9. The van der Waals surface area contributed by atoms with Crippen LogP contribution >= 0.6 is 0 Å². The van der Waals surface area contributed by atoms with Crippen molar-refractivity contribution in [2.45, 2.75) is 25.1 Å². The summed E-state index contributed by atoms with van der Waals surface area (Å²) in [6, 6.07) is 6.13. The van der Waals surface area contributed by atoms with Gasteiger partial charge in [-0.05, 0) is 31.0 Å². The van der Waals surface area contributed by atoms with Crippen molar-refractivity contribution in [2.75, 3.05) is 59.6 Å². The number of amides is 4. The molecule has 12 heteroatoms. The van der Waals surface area contributed by atoms with Crippen LogP contribution in [0, 0.1) is 0 Å². The number of imide groups is 1. The standard InChI is InChI=1S/C22H29F3N4O5/c1-21(16-4-6-17(33-2)7-5-16)19(31)29(20(32)26-21)14-18(30)28-11-9-27(10-12-28)8-3-13-34-15-22(23,24)25/h4-7H,3,8-15H2,1-2H3,(H,26,32). The molecule has 1 atom stereocenters. The first-order valence-electron chi connectivity index (χ1n) is 11.0. The Morgan fingerprint density at radius 1 is 1.12 bits per heavy atom. The van der Waals surface area contributed by atoms with E-state index in [9.17, 15) is 27.6 Å². The van der Waals surface area contributed by atoms with Crippen molar-refractivity contribution < 1.29 is 37.0 Å². The number of hydrogen-bond acceptors (Lipinski definition) is 6. The zero-order valence-electron chi connectivity index (χ0n) is 19.2. The zero-order chi connectivity index (χ0) is 24.9. The van der Waals surface area contributed by atoms with E-state index in [-0.39, 0.29) is 19.1 Å². The van der Waals surface area contributed by atoms with Gasteiger partial charge in [-0.2, -0.15) is 13.2 Å². The first-order chi connectivity index (χ1) is 16.0. The van der Waals surface area contributed by atoms with Crippen LogP contribution in [-0.2, 0) is 19.9 Å². The maximum atomic E-state index is 13.0. The van der Waals surface area contributed by atoms with Crippen LogP contribution in [0.25, 0.3) is 0 Å². The number of carbonyl (C=O) groups is 3. The second-order valence-corrected chi connectivity index (χ2v) is 8.42. The largest absolute Gasteiger partial charge is 0.497 e. The molecule has 2 aliphatic heterocycles. The van der Waals surface area contributed by atoms with E-state index in [1.54, 1.807) is 36.1 Å². The van der Waals surface area contributed by atoms with E-state index in [2.05, 4.69) is 10.1 Å². The molecule has 188 valence electrons. The van der Waals surface area contributed by atoms with Gasteiger partial charge in [-0.25, -0.2) is 4.79 Å². The van der Waals surface area contributed by atoms with Crippen LogP contribution in [0.2, 0.25) is 0 Å². The van der Waals surface area contributed by atoms with Gasteiger partial charge in [0.05, 0.1) is 7.11 Å². The first-order valence-corrected chi connectivity index (χ1v) is 11.0. The Balaban J connectivity index is 1.46. The van der Waals surface area contributed by atoms with E-state index in [1.807, 2.05) is 4.90 Å². The molecule has 0 aliphatic carbocycles. The number of hydrogen-bond donors (Lipinski definition) is 1. The molecular formula is C22H29F3N4O5. The Labute approximate surface area is 195 Å². The number of alkyl halides is 3. The third kappa shape index (κ3) is 6.17. The Kier molecular flexibility index (Phi) is 8.03. The lowest BCUT2D eigenvalue weighted by atomic mass is 9.92. The SMILES string of the molecule is COc1ccc(C2(C)NC(=O)N(CC(=O)N3CCN(CCCOCC(F)(F)F)CC3)C2=O)cc1. The van der Waals surface area contributed by atoms with Crippen LogP contribution in [0.3, 0.4) is 0 Å². The third-order valence-electron chi connectivity index (χ3n) is 5.99. The van der Waals surface area contributed by atoms with Gasteiger partial charge in [-0.1, -0.05) is 12.1 Å². The minimum absolute atomic E-state index is 0.0117. The highest BCUT2D eigenvalue weighted by Gasteiger charge is 2.49. The van der Waals surface area contributed by atoms with Crippen molar-refractivity contribution in [1.29, 1.82) is 0 Å². The van der Waals surface area contributed by atoms with Crippen molar-refractivity contribution in [3.05, 3.63) is 29.8 Å². The number of nitrogens with one attached hydrogen (secondary N) is 1. The molecule has 2 fully saturated rings. The van der Waals surface area contributed by atoms with E-state index in [0.717, 1.165) is 4.90 Å². The summed E-state index contributed by atoms with van der Waals surface area (Å²) in [5, 5.41) is 2.68. The van der Waals surface area contributed by atoms with Gasteiger partial charge in [0.25, 0.3) is 5.91 Å². The van der Waals surface area contributed by atoms with E-state index < -0.39 is 30.3 Å². The highest BCUT2D eigenvalue weighted by atomic mass is 19.4. The number of rotatable bonds is 9. The molecule has 1 N–H and O–H groups in total. The van der Waals surface area contributed by atoms with Gasteiger partial charge in [-0.3, -0.25) is 19.4 Å². The molecule has 1 aromatic carbocycles. The van der Waals surface area contributed by atoms with Gasteiger partial charge >= 0.3 is 12.2 Å². The summed E-state index contributed by atoms with van der Waals surface area (Å²) >= 11 is 0. The maximum absolute atomic E-state index is 13.0. The van der Waals surface area contributed by atoms with Crippen molar-refractivity contribution in [3.8, 4) is 5.75 Å². The molecule has 0 saturated carbocycles. The van der Waals surface area contributed by atoms with Crippen molar-refractivity contribution >= 4 is 17.8 Å². The van der Waals surface area contributed by atoms with Crippen LogP contribution in [0.4, 0.5) is 18.0 Å².